The summed E-state index contributed by atoms with van der Waals surface area (Å²) >= 11 is 0. The highest BCUT2D eigenvalue weighted by Gasteiger charge is 2.24. The van der Waals surface area contributed by atoms with Crippen LogP contribution >= 0.6 is 0 Å². The monoisotopic (exact) mass is 395 g/mol. The Morgan fingerprint density at radius 2 is 1.85 bits per heavy atom. The molecule has 0 unspecified atom stereocenters. The number of nitrogens with one attached hydrogen (secondary N) is 1. The summed E-state index contributed by atoms with van der Waals surface area (Å²) in [5, 5.41) is 0. The van der Waals surface area contributed by atoms with Gasteiger partial charge >= 0.3 is 0 Å². The molecule has 2 rings (SSSR count). The molecule has 150 valence electrons. The molecule has 1 heterocycles. The van der Waals surface area contributed by atoms with Gasteiger partial charge in [0.25, 0.3) is 0 Å². The molecule has 0 bridgehead atoms. The van der Waals surface area contributed by atoms with E-state index in [1.54, 1.807) is 21.9 Å². The fourth-order valence-electron chi connectivity index (χ4n) is 3.32. The molecule has 1 aromatic carbocycles. The molecule has 0 fully saturated rings. The zero-order valence-electron chi connectivity index (χ0n) is 16.3. The predicted octanol–water partition coefficient (Wildman–Crippen LogP) is 1.91. The van der Waals surface area contributed by atoms with E-state index in [1.807, 2.05) is 13.8 Å². The first-order chi connectivity index (χ1) is 12.8. The van der Waals surface area contributed by atoms with Crippen LogP contribution in [0.15, 0.2) is 23.1 Å². The SMILES string of the molecule is CCCN(CCC)C(=O)CNS(=O)(=O)c1ccc2c(c1)CCCN2C(C)=O. The van der Waals surface area contributed by atoms with Crippen molar-refractivity contribution in [2.75, 3.05) is 31.1 Å². The lowest BCUT2D eigenvalue weighted by Crippen LogP contribution is -2.41. The molecule has 27 heavy (non-hydrogen) atoms. The quantitative estimate of drug-likeness (QED) is 0.728. The summed E-state index contributed by atoms with van der Waals surface area (Å²) < 4.78 is 27.6. The highest BCUT2D eigenvalue weighted by molar-refractivity contribution is 7.89. The number of benzene rings is 1. The van der Waals surface area contributed by atoms with E-state index in [2.05, 4.69) is 4.72 Å². The second-order valence-electron chi connectivity index (χ2n) is 6.77. The van der Waals surface area contributed by atoms with E-state index in [0.717, 1.165) is 36.9 Å². The van der Waals surface area contributed by atoms with Crippen molar-refractivity contribution in [2.24, 2.45) is 0 Å². The van der Waals surface area contributed by atoms with Gasteiger partial charge in [-0.3, -0.25) is 9.59 Å². The van der Waals surface area contributed by atoms with E-state index < -0.39 is 10.0 Å². The number of hydrogen-bond donors (Lipinski definition) is 1. The van der Waals surface area contributed by atoms with E-state index in [9.17, 15) is 18.0 Å². The van der Waals surface area contributed by atoms with Crippen molar-refractivity contribution in [1.82, 2.24) is 9.62 Å². The minimum atomic E-state index is -3.79. The second kappa shape index (κ2) is 9.32. The summed E-state index contributed by atoms with van der Waals surface area (Å²) in [5.41, 5.74) is 1.60. The van der Waals surface area contributed by atoms with Gasteiger partial charge in [-0.25, -0.2) is 13.1 Å². The average molecular weight is 396 g/mol. The Morgan fingerprint density at radius 1 is 1.19 bits per heavy atom. The zero-order valence-corrected chi connectivity index (χ0v) is 17.1. The molecule has 1 N–H and O–H groups in total. The van der Waals surface area contributed by atoms with Gasteiger partial charge in [-0.15, -0.1) is 0 Å². The maximum atomic E-state index is 12.6. The molecule has 0 aliphatic carbocycles. The first-order valence-corrected chi connectivity index (χ1v) is 11.0. The van der Waals surface area contributed by atoms with E-state index in [4.69, 9.17) is 0 Å². The Labute approximate surface area is 161 Å². The second-order valence-corrected chi connectivity index (χ2v) is 8.54. The number of sulfonamides is 1. The average Bonchev–Trinajstić information content (AvgIpc) is 2.65. The maximum absolute atomic E-state index is 12.6. The molecule has 0 saturated heterocycles. The van der Waals surface area contributed by atoms with E-state index in [0.29, 0.717) is 19.6 Å². The Balaban J connectivity index is 2.13. The third-order valence-electron chi connectivity index (χ3n) is 4.61. The lowest BCUT2D eigenvalue weighted by Gasteiger charge is -2.28. The molecule has 1 aliphatic heterocycles. The number of hydrogen-bond acceptors (Lipinski definition) is 4. The smallest absolute Gasteiger partial charge is 0.241 e. The minimum Gasteiger partial charge on any atom is -0.342 e. The van der Waals surface area contributed by atoms with Gasteiger partial charge in [0.2, 0.25) is 21.8 Å². The van der Waals surface area contributed by atoms with Gasteiger partial charge < -0.3 is 9.80 Å². The van der Waals surface area contributed by atoms with Crippen LogP contribution in [0.3, 0.4) is 0 Å². The number of carbonyl (C=O) groups excluding carboxylic acids is 2. The Bertz CT molecular complexity index is 786. The zero-order chi connectivity index (χ0) is 20.0. The topological polar surface area (TPSA) is 86.8 Å². The number of amides is 2. The van der Waals surface area contributed by atoms with Gasteiger partial charge in [-0.1, -0.05) is 13.8 Å². The van der Waals surface area contributed by atoms with Crippen molar-refractivity contribution < 1.29 is 18.0 Å². The summed E-state index contributed by atoms with van der Waals surface area (Å²) in [7, 11) is -3.79. The molecule has 8 heteroatoms. The highest BCUT2D eigenvalue weighted by atomic mass is 32.2. The fourth-order valence-corrected chi connectivity index (χ4v) is 4.35. The Hall–Kier alpha value is -1.93. The van der Waals surface area contributed by atoms with Crippen LogP contribution in [-0.4, -0.2) is 51.3 Å². The van der Waals surface area contributed by atoms with Gasteiger partial charge in [0.05, 0.1) is 11.4 Å². The fraction of sp³-hybridized carbons (Fsp3) is 0.579. The van der Waals surface area contributed by atoms with Gasteiger partial charge in [0.1, 0.15) is 0 Å². The normalized spacial score (nSPS) is 14.0. The predicted molar refractivity (Wildman–Crippen MR) is 105 cm³/mol. The molecule has 0 spiro atoms. The summed E-state index contributed by atoms with van der Waals surface area (Å²) in [6.07, 6.45) is 3.18. The van der Waals surface area contributed by atoms with Gasteiger partial charge in [-0.05, 0) is 49.4 Å². The molecule has 7 nitrogen and oxygen atoms in total. The van der Waals surface area contributed by atoms with Crippen molar-refractivity contribution in [3.8, 4) is 0 Å². The standard InChI is InChI=1S/C19H29N3O4S/c1-4-10-21(11-5-2)19(24)14-20-27(25,26)17-8-9-18-16(13-17)7-6-12-22(18)15(3)23/h8-9,13,20H,4-7,10-12,14H2,1-3H3. The van der Waals surface area contributed by atoms with E-state index in [-0.39, 0.29) is 23.3 Å². The van der Waals surface area contributed by atoms with Crippen molar-refractivity contribution in [3.63, 3.8) is 0 Å². The van der Waals surface area contributed by atoms with Crippen LogP contribution < -0.4 is 9.62 Å². The molecular formula is C19H29N3O4S. The molecule has 0 aromatic heterocycles. The third kappa shape index (κ3) is 5.29. The molecule has 2 amide bonds. The molecule has 0 radical (unpaired) electrons. The maximum Gasteiger partial charge on any atom is 0.241 e. The Kier molecular flexibility index (Phi) is 7.38. The number of carbonyl (C=O) groups is 2. The molecule has 0 atom stereocenters. The van der Waals surface area contributed by atoms with Crippen LogP contribution in [0.25, 0.3) is 0 Å². The first-order valence-electron chi connectivity index (χ1n) is 9.48. The summed E-state index contributed by atoms with van der Waals surface area (Å²) in [6.45, 7) is 7.10. The van der Waals surface area contributed by atoms with Crippen molar-refractivity contribution in [3.05, 3.63) is 23.8 Å². The highest BCUT2D eigenvalue weighted by Crippen LogP contribution is 2.29. The minimum absolute atomic E-state index is 0.0535. The van der Waals surface area contributed by atoms with Crippen LogP contribution in [0.2, 0.25) is 0 Å². The number of nitrogens with zero attached hydrogens (tertiary/aromatic N) is 2. The molecular weight excluding hydrogens is 366 g/mol. The molecule has 0 saturated carbocycles. The summed E-state index contributed by atoms with van der Waals surface area (Å²) in [6, 6.07) is 4.77. The lowest BCUT2D eigenvalue weighted by atomic mass is 10.0. The van der Waals surface area contributed by atoms with Gasteiger partial charge in [0.15, 0.2) is 0 Å². The van der Waals surface area contributed by atoms with E-state index in [1.165, 1.54) is 13.0 Å². The van der Waals surface area contributed by atoms with Crippen LogP contribution in [0.4, 0.5) is 5.69 Å². The van der Waals surface area contributed by atoms with Crippen LogP contribution in [0.5, 0.6) is 0 Å². The van der Waals surface area contributed by atoms with E-state index >= 15 is 0 Å². The van der Waals surface area contributed by atoms with Crippen molar-refractivity contribution in [1.29, 1.82) is 0 Å². The number of fused-ring (bicyclic) bond motifs is 1. The summed E-state index contributed by atoms with van der Waals surface area (Å²) in [4.78, 5) is 27.5. The lowest BCUT2D eigenvalue weighted by molar-refractivity contribution is -0.130. The van der Waals surface area contributed by atoms with Crippen molar-refractivity contribution in [2.45, 2.75) is 51.3 Å². The Morgan fingerprint density at radius 3 is 2.44 bits per heavy atom. The number of aryl methyl sites for hydroxylation is 1. The molecule has 1 aromatic rings. The van der Waals surface area contributed by atoms with Gasteiger partial charge in [-0.2, -0.15) is 0 Å². The van der Waals surface area contributed by atoms with Crippen LogP contribution in [0.1, 0.15) is 45.6 Å². The third-order valence-corrected chi connectivity index (χ3v) is 6.01. The van der Waals surface area contributed by atoms with Crippen LogP contribution in [0, 0.1) is 0 Å². The molecule has 1 aliphatic rings. The first kappa shape index (κ1) is 21.4. The van der Waals surface area contributed by atoms with Crippen LogP contribution in [-0.2, 0) is 26.0 Å². The van der Waals surface area contributed by atoms with Gasteiger partial charge in [0, 0.05) is 32.2 Å². The number of rotatable bonds is 8. The van der Waals surface area contributed by atoms with Crippen molar-refractivity contribution >= 4 is 27.5 Å². The number of anilines is 1. The largest absolute Gasteiger partial charge is 0.342 e. The summed E-state index contributed by atoms with van der Waals surface area (Å²) in [5.74, 6) is -0.273.